The lowest BCUT2D eigenvalue weighted by Gasteiger charge is -2.31. The standard InChI is InChI=1S/C24H36O2/c1-5-6-7-8-9-10-11-19-15-22(25)24(23(26)16-19)21-14-18(4)12-13-20(21)17(2)3/h14-16,20-21,25-26H,2,5-13H2,1,3-4H3/t20-,21+/m0/s1. The molecule has 2 nitrogen and oxygen atoms in total. The lowest BCUT2D eigenvalue weighted by molar-refractivity contribution is 0.406. The minimum Gasteiger partial charge on any atom is -0.507 e. The molecule has 0 fully saturated rings. The van der Waals surface area contributed by atoms with Crippen molar-refractivity contribution in [3.8, 4) is 11.5 Å². The molecule has 0 heterocycles. The summed E-state index contributed by atoms with van der Waals surface area (Å²) >= 11 is 0. The summed E-state index contributed by atoms with van der Waals surface area (Å²) in [6, 6.07) is 3.71. The van der Waals surface area contributed by atoms with E-state index in [0.717, 1.165) is 36.8 Å². The molecule has 1 aliphatic carbocycles. The highest BCUT2D eigenvalue weighted by atomic mass is 16.3. The minimum absolute atomic E-state index is 0.0179. The second-order valence-electron chi connectivity index (χ2n) is 8.10. The van der Waals surface area contributed by atoms with Crippen molar-refractivity contribution in [2.45, 2.75) is 84.5 Å². The molecule has 0 unspecified atom stereocenters. The van der Waals surface area contributed by atoms with Crippen molar-refractivity contribution in [2.24, 2.45) is 5.92 Å². The summed E-state index contributed by atoms with van der Waals surface area (Å²) in [5.74, 6) is 0.755. The molecule has 26 heavy (non-hydrogen) atoms. The second-order valence-corrected chi connectivity index (χ2v) is 8.10. The average Bonchev–Trinajstić information content (AvgIpc) is 2.57. The topological polar surface area (TPSA) is 40.5 Å². The minimum atomic E-state index is 0.0179. The average molecular weight is 357 g/mol. The van der Waals surface area contributed by atoms with Crippen LogP contribution < -0.4 is 0 Å². The highest BCUT2D eigenvalue weighted by Crippen LogP contribution is 2.46. The second kappa shape index (κ2) is 9.85. The van der Waals surface area contributed by atoms with Crippen LogP contribution in [0.3, 0.4) is 0 Å². The Morgan fingerprint density at radius 3 is 2.31 bits per heavy atom. The van der Waals surface area contributed by atoms with Gasteiger partial charge in [-0.2, -0.15) is 0 Å². The molecular weight excluding hydrogens is 320 g/mol. The van der Waals surface area contributed by atoms with E-state index in [9.17, 15) is 10.2 Å². The van der Waals surface area contributed by atoms with E-state index in [-0.39, 0.29) is 23.3 Å². The highest BCUT2D eigenvalue weighted by Gasteiger charge is 2.30. The summed E-state index contributed by atoms with van der Waals surface area (Å²) in [5.41, 5.74) is 4.14. The van der Waals surface area contributed by atoms with E-state index in [2.05, 4.69) is 26.5 Å². The third-order valence-corrected chi connectivity index (χ3v) is 5.73. The van der Waals surface area contributed by atoms with Crippen molar-refractivity contribution in [3.05, 3.63) is 47.1 Å². The Morgan fingerprint density at radius 2 is 1.69 bits per heavy atom. The number of rotatable bonds is 9. The van der Waals surface area contributed by atoms with Gasteiger partial charge in [-0.1, -0.05) is 62.8 Å². The summed E-state index contributed by atoms with van der Waals surface area (Å²) in [7, 11) is 0. The first kappa shape index (κ1) is 20.6. The zero-order valence-electron chi connectivity index (χ0n) is 16.9. The molecule has 1 aliphatic rings. The molecule has 0 radical (unpaired) electrons. The number of aromatic hydroxyl groups is 2. The number of phenols is 2. The van der Waals surface area contributed by atoms with Crippen molar-refractivity contribution in [1.29, 1.82) is 0 Å². The molecule has 0 spiro atoms. The van der Waals surface area contributed by atoms with E-state index in [1.807, 2.05) is 19.1 Å². The fraction of sp³-hybridized carbons (Fsp3) is 0.583. The first-order valence-electron chi connectivity index (χ1n) is 10.3. The van der Waals surface area contributed by atoms with Gasteiger partial charge in [-0.05, 0) is 63.1 Å². The maximum Gasteiger partial charge on any atom is 0.123 e. The molecule has 144 valence electrons. The molecule has 2 heteroatoms. The van der Waals surface area contributed by atoms with Gasteiger partial charge in [0.1, 0.15) is 11.5 Å². The van der Waals surface area contributed by atoms with Crippen LogP contribution in [0.15, 0.2) is 35.9 Å². The third kappa shape index (κ3) is 5.40. The van der Waals surface area contributed by atoms with Crippen LogP contribution in [-0.2, 0) is 6.42 Å². The van der Waals surface area contributed by atoms with E-state index in [1.165, 1.54) is 37.7 Å². The van der Waals surface area contributed by atoms with Gasteiger partial charge in [-0.3, -0.25) is 0 Å². The Kier molecular flexibility index (Phi) is 7.81. The lowest BCUT2D eigenvalue weighted by Crippen LogP contribution is -2.17. The molecule has 2 N–H and O–H groups in total. The SMILES string of the molecule is C=C(C)[C@@H]1CCC(C)=C[C@H]1c1c(O)cc(CCCCCCCC)cc1O. The summed E-state index contributed by atoms with van der Waals surface area (Å²) in [6.07, 6.45) is 12.7. The van der Waals surface area contributed by atoms with Gasteiger partial charge in [-0.25, -0.2) is 0 Å². The Morgan fingerprint density at radius 1 is 1.08 bits per heavy atom. The molecule has 0 aliphatic heterocycles. The van der Waals surface area contributed by atoms with Crippen molar-refractivity contribution >= 4 is 0 Å². The molecule has 0 aromatic heterocycles. The van der Waals surface area contributed by atoms with E-state index < -0.39 is 0 Å². The third-order valence-electron chi connectivity index (χ3n) is 5.73. The van der Waals surface area contributed by atoms with Gasteiger partial charge in [0.05, 0.1) is 0 Å². The molecule has 0 amide bonds. The van der Waals surface area contributed by atoms with Crippen molar-refractivity contribution in [3.63, 3.8) is 0 Å². The zero-order valence-corrected chi connectivity index (χ0v) is 16.9. The van der Waals surface area contributed by atoms with Crippen LogP contribution in [0.2, 0.25) is 0 Å². The van der Waals surface area contributed by atoms with E-state index >= 15 is 0 Å². The van der Waals surface area contributed by atoms with Crippen LogP contribution in [0, 0.1) is 5.92 Å². The molecule has 2 rings (SSSR count). The van der Waals surface area contributed by atoms with Gasteiger partial charge in [0.2, 0.25) is 0 Å². The van der Waals surface area contributed by atoms with Gasteiger partial charge >= 0.3 is 0 Å². The van der Waals surface area contributed by atoms with Crippen molar-refractivity contribution in [1.82, 2.24) is 0 Å². The maximum atomic E-state index is 10.7. The first-order valence-corrected chi connectivity index (χ1v) is 10.3. The number of aryl methyl sites for hydroxylation is 1. The Balaban J connectivity index is 2.11. The first-order chi connectivity index (χ1) is 12.4. The number of unbranched alkanes of at least 4 members (excludes halogenated alkanes) is 5. The molecule has 0 saturated carbocycles. The monoisotopic (exact) mass is 356 g/mol. The maximum absolute atomic E-state index is 10.7. The van der Waals surface area contributed by atoms with Gasteiger partial charge in [0, 0.05) is 11.5 Å². The van der Waals surface area contributed by atoms with Crippen LogP contribution >= 0.6 is 0 Å². The fourth-order valence-electron chi connectivity index (χ4n) is 4.18. The predicted octanol–water partition coefficient (Wildman–Crippen LogP) is 7.02. The quantitative estimate of drug-likeness (QED) is 0.369. The summed E-state index contributed by atoms with van der Waals surface area (Å²) < 4.78 is 0. The number of benzene rings is 1. The van der Waals surface area contributed by atoms with Crippen LogP contribution in [0.25, 0.3) is 0 Å². The summed E-state index contributed by atoms with van der Waals surface area (Å²) in [6.45, 7) is 10.5. The molecule has 1 aromatic rings. The van der Waals surface area contributed by atoms with Crippen molar-refractivity contribution < 1.29 is 10.2 Å². The van der Waals surface area contributed by atoms with Crippen LogP contribution in [0.1, 0.15) is 89.2 Å². The Labute approximate surface area is 159 Å². The lowest BCUT2D eigenvalue weighted by atomic mass is 9.73. The number of phenolic OH excluding ortho intramolecular Hbond substituents is 2. The van der Waals surface area contributed by atoms with E-state index in [4.69, 9.17) is 0 Å². The van der Waals surface area contributed by atoms with Crippen molar-refractivity contribution in [2.75, 3.05) is 0 Å². The number of allylic oxidation sites excluding steroid dienone is 3. The zero-order chi connectivity index (χ0) is 19.1. The van der Waals surface area contributed by atoms with Gasteiger partial charge in [-0.15, -0.1) is 0 Å². The number of hydrogen-bond acceptors (Lipinski definition) is 2. The molecule has 0 bridgehead atoms. The van der Waals surface area contributed by atoms with E-state index in [1.54, 1.807) is 0 Å². The normalized spacial score (nSPS) is 20.0. The molecular formula is C24H36O2. The largest absolute Gasteiger partial charge is 0.507 e. The van der Waals surface area contributed by atoms with E-state index in [0.29, 0.717) is 5.56 Å². The summed E-state index contributed by atoms with van der Waals surface area (Å²) in [4.78, 5) is 0. The molecule has 1 aromatic carbocycles. The predicted molar refractivity (Wildman–Crippen MR) is 111 cm³/mol. The van der Waals surface area contributed by atoms with Gasteiger partial charge in [0.25, 0.3) is 0 Å². The van der Waals surface area contributed by atoms with Crippen LogP contribution in [-0.4, -0.2) is 10.2 Å². The highest BCUT2D eigenvalue weighted by molar-refractivity contribution is 5.51. The Bertz CT molecular complexity index is 619. The van der Waals surface area contributed by atoms with Gasteiger partial charge < -0.3 is 10.2 Å². The van der Waals surface area contributed by atoms with Crippen LogP contribution in [0.5, 0.6) is 11.5 Å². The van der Waals surface area contributed by atoms with Crippen LogP contribution in [0.4, 0.5) is 0 Å². The Hall–Kier alpha value is -1.70. The smallest absolute Gasteiger partial charge is 0.123 e. The molecule has 2 atom stereocenters. The summed E-state index contributed by atoms with van der Waals surface area (Å²) in [5, 5.41) is 21.3. The van der Waals surface area contributed by atoms with Gasteiger partial charge in [0.15, 0.2) is 0 Å². The number of hydrogen-bond donors (Lipinski definition) is 2. The fourth-order valence-corrected chi connectivity index (χ4v) is 4.18. The molecule has 0 saturated heterocycles.